The molecule has 0 unspecified atom stereocenters. The van der Waals surface area contributed by atoms with Crippen LogP contribution in [0.3, 0.4) is 0 Å². The summed E-state index contributed by atoms with van der Waals surface area (Å²) in [6.07, 6.45) is 2.74. The maximum Gasteiger partial charge on any atom is 0.174 e. The van der Waals surface area contributed by atoms with E-state index in [2.05, 4.69) is 35.2 Å². The Balaban J connectivity index is 0.00000245. The van der Waals surface area contributed by atoms with E-state index in [9.17, 15) is 4.79 Å². The van der Waals surface area contributed by atoms with E-state index in [4.69, 9.17) is 4.74 Å². The van der Waals surface area contributed by atoms with E-state index in [1.165, 1.54) is 10.5 Å². The zero-order chi connectivity index (χ0) is 21.1. The molecule has 0 radical (unpaired) electrons. The minimum Gasteiger partial charge on any atom is -0.494 e. The molecule has 5 rings (SSSR count). The molecule has 0 aromatic heterocycles. The molecule has 1 saturated heterocycles. The lowest BCUT2D eigenvalue weighted by atomic mass is 9.68. The first-order chi connectivity index (χ1) is 15.3. The fourth-order valence-corrected chi connectivity index (χ4v) is 6.02. The third-order valence-electron chi connectivity index (χ3n) is 6.53. The van der Waals surface area contributed by atoms with E-state index < -0.39 is 5.41 Å². The third kappa shape index (κ3) is 4.52. The molecule has 166 valence electrons. The van der Waals surface area contributed by atoms with Crippen LogP contribution in [0, 0.1) is 0 Å². The first kappa shape index (κ1) is 23.1. The smallest absolute Gasteiger partial charge is 0.174 e. The predicted molar refractivity (Wildman–Crippen MR) is 136 cm³/mol. The number of likely N-dealkylation sites (tertiary alicyclic amines) is 1. The number of Topliss-reactive ketones (excluding diaryl/α,β-unsaturated/α-hetero) is 1. The van der Waals surface area contributed by atoms with Crippen LogP contribution >= 0.6 is 28.7 Å². The first-order valence-corrected chi connectivity index (χ1v) is 11.9. The summed E-state index contributed by atoms with van der Waals surface area (Å²) in [7, 11) is 0. The molecule has 3 aromatic carbocycles. The summed E-state index contributed by atoms with van der Waals surface area (Å²) >= 11 is 1.74. The van der Waals surface area contributed by atoms with Gasteiger partial charge in [0.05, 0.1) is 12.0 Å². The lowest BCUT2D eigenvalue weighted by Gasteiger charge is -2.41. The van der Waals surface area contributed by atoms with E-state index in [0.29, 0.717) is 5.78 Å². The summed E-state index contributed by atoms with van der Waals surface area (Å²) in [6, 6.07) is 26.6. The van der Waals surface area contributed by atoms with Crippen LogP contribution in [-0.4, -0.2) is 36.9 Å². The summed E-state index contributed by atoms with van der Waals surface area (Å²) in [5.41, 5.74) is 1.69. The second kappa shape index (κ2) is 10.2. The molecule has 3 aromatic rings. The van der Waals surface area contributed by atoms with Crippen LogP contribution in [0.2, 0.25) is 0 Å². The number of carbonyl (C=O) groups is 1. The highest BCUT2D eigenvalue weighted by atomic mass is 79.9. The Hall–Kier alpha value is -2.08. The highest BCUT2D eigenvalue weighted by molar-refractivity contribution is 8.93. The molecule has 32 heavy (non-hydrogen) atoms. The van der Waals surface area contributed by atoms with Gasteiger partial charge in [-0.25, -0.2) is 0 Å². The van der Waals surface area contributed by atoms with E-state index in [-0.39, 0.29) is 17.0 Å². The number of fused-ring (bicyclic) bond motifs is 3. The molecule has 0 amide bonds. The van der Waals surface area contributed by atoms with Gasteiger partial charge < -0.3 is 9.64 Å². The molecule has 1 fully saturated rings. The molecule has 0 aliphatic carbocycles. The van der Waals surface area contributed by atoms with Gasteiger partial charge in [-0.05, 0) is 62.2 Å². The monoisotopic (exact) mass is 509 g/mol. The number of hydrogen-bond acceptors (Lipinski definition) is 4. The maximum absolute atomic E-state index is 13.8. The van der Waals surface area contributed by atoms with Crippen molar-refractivity contribution < 1.29 is 9.53 Å². The largest absolute Gasteiger partial charge is 0.494 e. The molecule has 2 heterocycles. The van der Waals surface area contributed by atoms with Crippen LogP contribution in [0.25, 0.3) is 0 Å². The molecule has 0 N–H and O–H groups in total. The fraction of sp³-hybridized carbons (Fsp3) is 0.296. The predicted octanol–water partition coefficient (Wildman–Crippen LogP) is 6.41. The van der Waals surface area contributed by atoms with Gasteiger partial charge in [-0.1, -0.05) is 66.4 Å². The number of para-hydroxylation sites is 1. The van der Waals surface area contributed by atoms with Gasteiger partial charge in [-0.3, -0.25) is 4.79 Å². The number of ketones is 1. The molecule has 0 bridgehead atoms. The van der Waals surface area contributed by atoms with E-state index in [0.717, 1.165) is 61.7 Å². The van der Waals surface area contributed by atoms with Crippen molar-refractivity contribution in [3.05, 3.63) is 90.0 Å². The number of nitrogens with zero attached hydrogens (tertiary/aromatic N) is 1. The zero-order valence-electron chi connectivity index (χ0n) is 18.0. The molecule has 1 spiro atoms. The second-order valence-electron chi connectivity index (χ2n) is 8.36. The van der Waals surface area contributed by atoms with Crippen LogP contribution < -0.4 is 4.74 Å². The lowest BCUT2D eigenvalue weighted by molar-refractivity contribution is 0.0759. The lowest BCUT2D eigenvalue weighted by Crippen LogP contribution is -2.47. The van der Waals surface area contributed by atoms with Crippen molar-refractivity contribution in [2.75, 3.05) is 26.2 Å². The Bertz CT molecular complexity index is 1060. The van der Waals surface area contributed by atoms with Crippen LogP contribution in [0.5, 0.6) is 5.75 Å². The Morgan fingerprint density at radius 1 is 0.844 bits per heavy atom. The maximum atomic E-state index is 13.8. The Morgan fingerprint density at radius 3 is 2.28 bits per heavy atom. The Morgan fingerprint density at radius 2 is 1.50 bits per heavy atom. The van der Waals surface area contributed by atoms with Gasteiger partial charge in [-0.2, -0.15) is 0 Å². The zero-order valence-corrected chi connectivity index (χ0v) is 20.6. The highest BCUT2D eigenvalue weighted by Crippen LogP contribution is 2.48. The van der Waals surface area contributed by atoms with Crippen molar-refractivity contribution in [2.45, 2.75) is 34.5 Å². The van der Waals surface area contributed by atoms with E-state index >= 15 is 0 Å². The van der Waals surface area contributed by atoms with Gasteiger partial charge in [0.2, 0.25) is 0 Å². The van der Waals surface area contributed by atoms with Gasteiger partial charge in [0.1, 0.15) is 5.75 Å². The van der Waals surface area contributed by atoms with Crippen molar-refractivity contribution in [3.8, 4) is 5.75 Å². The van der Waals surface area contributed by atoms with Crippen molar-refractivity contribution in [2.24, 2.45) is 0 Å². The number of halogens is 1. The first-order valence-electron chi connectivity index (χ1n) is 11.1. The summed E-state index contributed by atoms with van der Waals surface area (Å²) in [4.78, 5) is 18.6. The van der Waals surface area contributed by atoms with Crippen LogP contribution in [-0.2, 0) is 5.41 Å². The number of hydrogen-bond donors (Lipinski definition) is 0. The van der Waals surface area contributed by atoms with Gasteiger partial charge >= 0.3 is 0 Å². The fourth-order valence-electron chi connectivity index (χ4n) is 4.84. The van der Waals surface area contributed by atoms with E-state index in [1.807, 2.05) is 48.5 Å². The van der Waals surface area contributed by atoms with Crippen LogP contribution in [0.4, 0.5) is 0 Å². The highest BCUT2D eigenvalue weighted by Gasteiger charge is 2.46. The topological polar surface area (TPSA) is 29.5 Å². The molecule has 2 aliphatic rings. The average molecular weight is 510 g/mol. The van der Waals surface area contributed by atoms with Crippen LogP contribution in [0.1, 0.15) is 35.2 Å². The summed E-state index contributed by atoms with van der Waals surface area (Å²) < 4.78 is 5.84. The van der Waals surface area contributed by atoms with E-state index in [1.54, 1.807) is 11.8 Å². The standard InChI is InChI=1S/C27H27NO2S.BrH/c29-26-22-11-4-6-13-24(22)31-25-14-7-5-12-23(25)27(26)15-18-28(19-16-27)17-8-20-30-21-9-2-1-3-10-21;/h1-7,9-14H,8,15-20H2;1H. The SMILES string of the molecule is Br.O=C1c2ccccc2Sc2ccccc2C12CCN(CCCOc1ccccc1)CC2. The minimum absolute atomic E-state index is 0. The van der Waals surface area contributed by atoms with Crippen molar-refractivity contribution >= 4 is 34.5 Å². The number of piperidine rings is 1. The third-order valence-corrected chi connectivity index (χ3v) is 7.68. The van der Waals surface area contributed by atoms with Crippen LogP contribution in [0.15, 0.2) is 88.7 Å². The average Bonchev–Trinajstić information content (AvgIpc) is 2.92. The van der Waals surface area contributed by atoms with Gasteiger partial charge in [0, 0.05) is 21.9 Å². The Kier molecular flexibility index (Phi) is 7.39. The van der Waals surface area contributed by atoms with Gasteiger partial charge in [-0.15, -0.1) is 17.0 Å². The quantitative estimate of drug-likeness (QED) is 0.371. The number of rotatable bonds is 5. The van der Waals surface area contributed by atoms with Crippen molar-refractivity contribution in [1.82, 2.24) is 4.90 Å². The number of ether oxygens (including phenoxy) is 1. The molecule has 5 heteroatoms. The minimum atomic E-state index is -0.409. The molecule has 2 aliphatic heterocycles. The summed E-state index contributed by atoms with van der Waals surface area (Å²) in [6.45, 7) is 3.61. The molecule has 0 atom stereocenters. The molecular formula is C27H28BrNO2S. The number of carbonyl (C=O) groups excluding carboxylic acids is 1. The van der Waals surface area contributed by atoms with Gasteiger partial charge in [0.25, 0.3) is 0 Å². The molecule has 3 nitrogen and oxygen atoms in total. The van der Waals surface area contributed by atoms with Crippen molar-refractivity contribution in [3.63, 3.8) is 0 Å². The summed E-state index contributed by atoms with van der Waals surface area (Å²) in [5, 5.41) is 0. The summed E-state index contributed by atoms with van der Waals surface area (Å²) in [5.74, 6) is 1.23. The van der Waals surface area contributed by atoms with Crippen molar-refractivity contribution in [1.29, 1.82) is 0 Å². The number of benzene rings is 3. The van der Waals surface area contributed by atoms with Gasteiger partial charge in [0.15, 0.2) is 5.78 Å². The Labute approximate surface area is 204 Å². The second-order valence-corrected chi connectivity index (χ2v) is 9.45. The molecule has 0 saturated carbocycles. The normalized spacial score (nSPS) is 17.1. The molecular weight excluding hydrogens is 482 g/mol.